The molecule has 1 fully saturated rings. The second kappa shape index (κ2) is 7.92. The first-order valence-electron chi connectivity index (χ1n) is 8.41. The van der Waals surface area contributed by atoms with Gasteiger partial charge in [-0.1, -0.05) is 12.1 Å². The number of aromatic carboxylic acids is 1. The lowest BCUT2D eigenvalue weighted by Crippen LogP contribution is -2.42. The van der Waals surface area contributed by atoms with Crippen molar-refractivity contribution in [2.24, 2.45) is 0 Å². The van der Waals surface area contributed by atoms with Gasteiger partial charge in [-0.2, -0.15) is 13.2 Å². The van der Waals surface area contributed by atoms with Gasteiger partial charge in [-0.25, -0.2) is 4.79 Å². The molecule has 2 aromatic carbocycles. The number of amides is 2. The number of halogens is 3. The average molecular weight is 408 g/mol. The highest BCUT2D eigenvalue weighted by Gasteiger charge is 2.37. The van der Waals surface area contributed by atoms with Gasteiger partial charge >= 0.3 is 12.1 Å². The first kappa shape index (κ1) is 20.3. The molecule has 0 unspecified atom stereocenters. The van der Waals surface area contributed by atoms with Gasteiger partial charge in [0.2, 0.25) is 0 Å². The van der Waals surface area contributed by atoms with E-state index in [2.05, 4.69) is 5.32 Å². The third-order valence-corrected chi connectivity index (χ3v) is 4.25. The van der Waals surface area contributed by atoms with Gasteiger partial charge in [0, 0.05) is 12.1 Å². The van der Waals surface area contributed by atoms with Gasteiger partial charge in [-0.3, -0.25) is 9.59 Å². The van der Waals surface area contributed by atoms with Crippen LogP contribution < -0.4 is 10.2 Å². The maximum absolute atomic E-state index is 13.6. The molecule has 2 amide bonds. The molecule has 29 heavy (non-hydrogen) atoms. The molecule has 1 aliphatic rings. The minimum atomic E-state index is -4.82. The molecule has 1 heterocycles. The van der Waals surface area contributed by atoms with E-state index in [-0.39, 0.29) is 42.3 Å². The maximum Gasteiger partial charge on any atom is 0.418 e. The second-order valence-electron chi connectivity index (χ2n) is 6.13. The number of nitrogens with one attached hydrogen (secondary N) is 1. The van der Waals surface area contributed by atoms with Crippen molar-refractivity contribution in [2.45, 2.75) is 6.18 Å². The molecular weight excluding hydrogens is 393 g/mol. The molecule has 0 bridgehead atoms. The van der Waals surface area contributed by atoms with Gasteiger partial charge in [-0.05, 0) is 30.3 Å². The van der Waals surface area contributed by atoms with Gasteiger partial charge in [-0.15, -0.1) is 0 Å². The number of hydrogen-bond donors (Lipinski definition) is 2. The summed E-state index contributed by atoms with van der Waals surface area (Å²) >= 11 is 0. The third kappa shape index (κ3) is 4.37. The lowest BCUT2D eigenvalue weighted by Gasteiger charge is -2.29. The third-order valence-electron chi connectivity index (χ3n) is 4.25. The van der Waals surface area contributed by atoms with Gasteiger partial charge in [0.15, 0.2) is 0 Å². The van der Waals surface area contributed by atoms with Crippen LogP contribution in [-0.2, 0) is 15.7 Å². The average Bonchev–Trinajstić information content (AvgIpc) is 2.67. The van der Waals surface area contributed by atoms with Crippen LogP contribution in [-0.4, -0.2) is 42.6 Å². The summed E-state index contributed by atoms with van der Waals surface area (Å²) in [5.74, 6) is -2.82. The van der Waals surface area contributed by atoms with Crippen molar-refractivity contribution >= 4 is 29.2 Å². The van der Waals surface area contributed by atoms with E-state index in [1.165, 1.54) is 24.3 Å². The Balaban J connectivity index is 1.96. The molecule has 0 radical (unpaired) electrons. The van der Waals surface area contributed by atoms with Crippen LogP contribution in [0, 0.1) is 0 Å². The number of carbonyl (C=O) groups excluding carboxylic acids is 2. The fraction of sp³-hybridized carbons (Fsp3) is 0.211. The highest BCUT2D eigenvalue weighted by Crippen LogP contribution is 2.38. The van der Waals surface area contributed by atoms with Crippen LogP contribution in [0.5, 0.6) is 0 Å². The maximum atomic E-state index is 13.6. The van der Waals surface area contributed by atoms with Crippen molar-refractivity contribution in [3.8, 4) is 0 Å². The Hall–Kier alpha value is -3.40. The van der Waals surface area contributed by atoms with E-state index in [0.717, 1.165) is 17.0 Å². The van der Waals surface area contributed by atoms with Crippen molar-refractivity contribution < 1.29 is 37.4 Å². The molecule has 2 N–H and O–H groups in total. The Morgan fingerprint density at radius 1 is 1.14 bits per heavy atom. The molecule has 1 aliphatic heterocycles. The standard InChI is InChI=1S/C19H15F3N2O5/c20-19(21,22)13-9-11(5-6-15(13)24-7-8-29-10-16(24)25)17(26)23-14-4-2-1-3-12(14)18(27)28/h1-6,9H,7-8,10H2,(H,23,26)(H,27,28). The van der Waals surface area contributed by atoms with Crippen molar-refractivity contribution in [1.82, 2.24) is 0 Å². The Morgan fingerprint density at radius 2 is 1.86 bits per heavy atom. The number of rotatable bonds is 4. The molecule has 0 aromatic heterocycles. The molecule has 152 valence electrons. The first-order valence-corrected chi connectivity index (χ1v) is 8.41. The van der Waals surface area contributed by atoms with E-state index >= 15 is 0 Å². The Kier molecular flexibility index (Phi) is 5.55. The summed E-state index contributed by atoms with van der Waals surface area (Å²) in [7, 11) is 0. The molecule has 7 nitrogen and oxygen atoms in total. The van der Waals surface area contributed by atoms with Gasteiger partial charge in [0.1, 0.15) is 6.61 Å². The number of carboxylic acids is 1. The van der Waals surface area contributed by atoms with Crippen molar-refractivity contribution in [3.05, 3.63) is 59.2 Å². The Morgan fingerprint density at radius 3 is 2.52 bits per heavy atom. The lowest BCUT2D eigenvalue weighted by molar-refractivity contribution is -0.137. The minimum Gasteiger partial charge on any atom is -0.478 e. The van der Waals surface area contributed by atoms with Crippen LogP contribution in [0.25, 0.3) is 0 Å². The summed E-state index contributed by atoms with van der Waals surface area (Å²) in [4.78, 5) is 36.6. The lowest BCUT2D eigenvalue weighted by atomic mass is 10.1. The SMILES string of the molecule is O=C(Nc1ccccc1C(=O)O)c1ccc(N2CCOCC2=O)c(C(F)(F)F)c1. The quantitative estimate of drug-likeness (QED) is 0.811. The Bertz CT molecular complexity index is 975. The highest BCUT2D eigenvalue weighted by atomic mass is 19.4. The highest BCUT2D eigenvalue weighted by molar-refractivity contribution is 6.08. The summed E-state index contributed by atoms with van der Waals surface area (Å²) in [5.41, 5.74) is -2.10. The number of anilines is 2. The van der Waals surface area contributed by atoms with E-state index in [0.29, 0.717) is 6.07 Å². The second-order valence-corrected chi connectivity index (χ2v) is 6.13. The van der Waals surface area contributed by atoms with Crippen molar-refractivity contribution in [1.29, 1.82) is 0 Å². The molecule has 0 aliphatic carbocycles. The van der Waals surface area contributed by atoms with Crippen molar-refractivity contribution in [3.63, 3.8) is 0 Å². The van der Waals surface area contributed by atoms with Gasteiger partial charge in [0.25, 0.3) is 11.8 Å². The van der Waals surface area contributed by atoms with E-state index in [9.17, 15) is 27.6 Å². The molecule has 2 aromatic rings. The number of carboxylic acid groups (broad SMARTS) is 1. The minimum absolute atomic E-state index is 0.0422. The predicted octanol–water partition coefficient (Wildman–Crippen LogP) is 3.02. The molecule has 1 saturated heterocycles. The number of morpholine rings is 1. The number of carbonyl (C=O) groups is 3. The summed E-state index contributed by atoms with van der Waals surface area (Å²) in [6.45, 7) is -0.276. The number of nitrogens with zero attached hydrogens (tertiary/aromatic N) is 1. The van der Waals surface area contributed by atoms with Crippen LogP contribution in [0.1, 0.15) is 26.3 Å². The number of benzene rings is 2. The molecule has 0 saturated carbocycles. The topological polar surface area (TPSA) is 95.9 Å². The molecule has 10 heteroatoms. The first-order chi connectivity index (χ1) is 13.7. The van der Waals surface area contributed by atoms with Crippen LogP contribution in [0.15, 0.2) is 42.5 Å². The van der Waals surface area contributed by atoms with Crippen LogP contribution in [0.2, 0.25) is 0 Å². The summed E-state index contributed by atoms with van der Waals surface area (Å²) in [6.07, 6.45) is -4.82. The van der Waals surface area contributed by atoms with E-state index in [1.54, 1.807) is 0 Å². The van der Waals surface area contributed by atoms with E-state index in [1.807, 2.05) is 0 Å². The van der Waals surface area contributed by atoms with Crippen molar-refractivity contribution in [2.75, 3.05) is 30.0 Å². The Labute approximate surface area is 162 Å². The normalized spacial score (nSPS) is 14.6. The fourth-order valence-corrected chi connectivity index (χ4v) is 2.89. The van der Waals surface area contributed by atoms with Crippen LogP contribution in [0.3, 0.4) is 0 Å². The summed E-state index contributed by atoms with van der Waals surface area (Å²) in [6, 6.07) is 8.34. The number of ether oxygens (including phenoxy) is 1. The number of hydrogen-bond acceptors (Lipinski definition) is 4. The van der Waals surface area contributed by atoms with E-state index in [4.69, 9.17) is 9.84 Å². The van der Waals surface area contributed by atoms with E-state index < -0.39 is 29.5 Å². The smallest absolute Gasteiger partial charge is 0.418 e. The predicted molar refractivity (Wildman–Crippen MR) is 96.0 cm³/mol. The zero-order valence-electron chi connectivity index (χ0n) is 14.8. The molecular formula is C19H15F3N2O5. The molecule has 0 atom stereocenters. The van der Waals surface area contributed by atoms with Gasteiger partial charge < -0.3 is 20.1 Å². The number of alkyl halides is 3. The summed E-state index contributed by atoms with van der Waals surface area (Å²) in [5, 5.41) is 11.5. The summed E-state index contributed by atoms with van der Waals surface area (Å²) < 4.78 is 45.7. The largest absolute Gasteiger partial charge is 0.478 e. The zero-order valence-corrected chi connectivity index (χ0v) is 14.8. The number of para-hydroxylation sites is 1. The van der Waals surface area contributed by atoms with Crippen LogP contribution >= 0.6 is 0 Å². The monoisotopic (exact) mass is 408 g/mol. The van der Waals surface area contributed by atoms with Crippen LogP contribution in [0.4, 0.5) is 24.5 Å². The molecule has 0 spiro atoms. The zero-order chi connectivity index (χ0) is 21.2. The molecule has 3 rings (SSSR count). The van der Waals surface area contributed by atoms with Gasteiger partial charge in [0.05, 0.1) is 29.1 Å². The fourth-order valence-electron chi connectivity index (χ4n) is 2.89.